The number of methoxy groups -OCH3 is 1. The predicted molar refractivity (Wildman–Crippen MR) is 65.1 cm³/mol. The first kappa shape index (κ1) is 12.8. The Balaban J connectivity index is 2.69. The first-order valence-electron chi connectivity index (χ1n) is 4.44. The molecule has 0 aliphatic heterocycles. The molecule has 0 atom stereocenters. The van der Waals surface area contributed by atoms with E-state index in [1.807, 2.05) is 0 Å². The van der Waals surface area contributed by atoms with Crippen molar-refractivity contribution in [3.8, 4) is 0 Å². The number of Topliss-reactive ketones (excluding diaryl/α,β-unsaturated/α-hetero) is 2. The Labute approximate surface area is 106 Å². The van der Waals surface area contributed by atoms with Gasteiger partial charge in [0.1, 0.15) is 0 Å². The van der Waals surface area contributed by atoms with Gasteiger partial charge in [-0.2, -0.15) is 0 Å². The molecule has 84 valence electrons. The lowest BCUT2D eigenvalue weighted by Gasteiger charge is -2.00. The van der Waals surface area contributed by atoms with Gasteiger partial charge in [0.15, 0.2) is 5.78 Å². The molecule has 0 aliphatic carbocycles. The zero-order chi connectivity index (χ0) is 12.1. The van der Waals surface area contributed by atoms with E-state index >= 15 is 0 Å². The number of benzene rings is 1. The highest BCUT2D eigenvalue weighted by atomic mass is 127. The number of carbonyl (C=O) groups excluding carboxylic acids is 3. The van der Waals surface area contributed by atoms with Crippen LogP contribution in [0.25, 0.3) is 0 Å². The van der Waals surface area contributed by atoms with Crippen LogP contribution in [0.1, 0.15) is 16.8 Å². The van der Waals surface area contributed by atoms with Crippen molar-refractivity contribution in [3.05, 3.63) is 33.4 Å². The van der Waals surface area contributed by atoms with Crippen LogP contribution in [0.5, 0.6) is 0 Å². The molecule has 0 fully saturated rings. The number of ether oxygens (including phenoxy) is 1. The van der Waals surface area contributed by atoms with Gasteiger partial charge in [-0.1, -0.05) is 12.1 Å². The van der Waals surface area contributed by atoms with Gasteiger partial charge in [-0.15, -0.1) is 0 Å². The van der Waals surface area contributed by atoms with Crippen molar-refractivity contribution < 1.29 is 19.1 Å². The molecule has 5 heteroatoms. The topological polar surface area (TPSA) is 60.4 Å². The van der Waals surface area contributed by atoms with Crippen molar-refractivity contribution in [2.45, 2.75) is 6.42 Å². The molecule has 0 aliphatic rings. The molecule has 0 amide bonds. The van der Waals surface area contributed by atoms with Crippen LogP contribution in [0.2, 0.25) is 0 Å². The molecule has 1 rings (SSSR count). The molecule has 1 aromatic rings. The van der Waals surface area contributed by atoms with Crippen LogP contribution in [0.3, 0.4) is 0 Å². The zero-order valence-corrected chi connectivity index (χ0v) is 10.7. The van der Waals surface area contributed by atoms with E-state index in [0.717, 1.165) is 10.7 Å². The number of hydrogen-bond acceptors (Lipinski definition) is 4. The van der Waals surface area contributed by atoms with E-state index in [0.29, 0.717) is 5.56 Å². The monoisotopic (exact) mass is 332 g/mol. The Hall–Kier alpha value is -1.24. The summed E-state index contributed by atoms with van der Waals surface area (Å²) in [5.74, 6) is -2.20. The van der Waals surface area contributed by atoms with Crippen LogP contribution in [-0.4, -0.2) is 24.6 Å². The average Bonchev–Trinajstić information content (AvgIpc) is 2.28. The van der Waals surface area contributed by atoms with E-state index in [2.05, 4.69) is 27.3 Å². The van der Waals surface area contributed by atoms with Gasteiger partial charge in [-0.05, 0) is 34.7 Å². The molecule has 0 aromatic heterocycles. The van der Waals surface area contributed by atoms with Crippen molar-refractivity contribution >= 4 is 40.1 Å². The maximum absolute atomic E-state index is 11.6. The lowest BCUT2D eigenvalue weighted by Crippen LogP contribution is -2.19. The van der Waals surface area contributed by atoms with Crippen LogP contribution in [0, 0.1) is 3.57 Å². The van der Waals surface area contributed by atoms with Gasteiger partial charge < -0.3 is 4.74 Å². The number of carbonyl (C=O) groups is 3. The van der Waals surface area contributed by atoms with Gasteiger partial charge in [0, 0.05) is 9.13 Å². The van der Waals surface area contributed by atoms with Crippen molar-refractivity contribution in [1.29, 1.82) is 0 Å². The highest BCUT2D eigenvalue weighted by molar-refractivity contribution is 14.1. The number of ketones is 2. The molecular weight excluding hydrogens is 323 g/mol. The van der Waals surface area contributed by atoms with Crippen LogP contribution in [0.4, 0.5) is 0 Å². The third-order valence-electron chi connectivity index (χ3n) is 1.90. The molecule has 0 N–H and O–H groups in total. The second kappa shape index (κ2) is 5.74. The van der Waals surface area contributed by atoms with Crippen LogP contribution >= 0.6 is 22.6 Å². The Bertz CT molecular complexity index is 422. The molecule has 0 saturated carbocycles. The molecule has 4 nitrogen and oxygen atoms in total. The molecule has 0 spiro atoms. The molecule has 0 unspecified atom stereocenters. The summed E-state index contributed by atoms with van der Waals surface area (Å²) in [5, 5.41) is 0. The van der Waals surface area contributed by atoms with Crippen LogP contribution in [0.15, 0.2) is 24.3 Å². The summed E-state index contributed by atoms with van der Waals surface area (Å²) in [6.45, 7) is 0. The Morgan fingerprint density at radius 1 is 1.19 bits per heavy atom. The van der Waals surface area contributed by atoms with Crippen molar-refractivity contribution in [3.63, 3.8) is 0 Å². The van der Waals surface area contributed by atoms with Gasteiger partial charge in [0.05, 0.1) is 13.5 Å². The molecule has 0 heterocycles. The highest BCUT2D eigenvalue weighted by Gasteiger charge is 2.18. The summed E-state index contributed by atoms with van der Waals surface area (Å²) in [7, 11) is 1.11. The zero-order valence-electron chi connectivity index (χ0n) is 8.53. The number of hydrogen-bond donors (Lipinski definition) is 0. The van der Waals surface area contributed by atoms with E-state index in [1.54, 1.807) is 24.3 Å². The van der Waals surface area contributed by atoms with E-state index in [-0.39, 0.29) is 5.78 Å². The quantitative estimate of drug-likeness (QED) is 0.276. The SMILES string of the molecule is COC(=O)C(=O)CC(=O)c1ccc(I)cc1. The normalized spacial score (nSPS) is 9.62. The molecule has 0 saturated heterocycles. The van der Waals surface area contributed by atoms with E-state index < -0.39 is 18.2 Å². The molecule has 1 aromatic carbocycles. The van der Waals surface area contributed by atoms with Crippen molar-refractivity contribution in [2.75, 3.05) is 7.11 Å². The van der Waals surface area contributed by atoms with Crippen LogP contribution in [-0.2, 0) is 14.3 Å². The minimum atomic E-state index is -0.987. The maximum atomic E-state index is 11.6. The summed E-state index contributed by atoms with van der Waals surface area (Å²) < 4.78 is 5.22. The standard InChI is InChI=1S/C11H9IO4/c1-16-11(15)10(14)6-9(13)7-2-4-8(12)5-3-7/h2-5H,6H2,1H3. The maximum Gasteiger partial charge on any atom is 0.374 e. The van der Waals surface area contributed by atoms with Gasteiger partial charge in [-0.3, -0.25) is 9.59 Å². The lowest BCUT2D eigenvalue weighted by molar-refractivity contribution is -0.151. The predicted octanol–water partition coefficient (Wildman–Crippen LogP) is 1.61. The van der Waals surface area contributed by atoms with Gasteiger partial charge in [0.2, 0.25) is 5.78 Å². The molecule has 16 heavy (non-hydrogen) atoms. The van der Waals surface area contributed by atoms with E-state index in [4.69, 9.17) is 0 Å². The fourth-order valence-electron chi connectivity index (χ4n) is 1.07. The van der Waals surface area contributed by atoms with E-state index in [1.165, 1.54) is 0 Å². The number of esters is 1. The first-order chi connectivity index (χ1) is 7.54. The summed E-state index contributed by atoms with van der Waals surface area (Å²) in [5.41, 5.74) is 0.415. The van der Waals surface area contributed by atoms with Gasteiger partial charge >= 0.3 is 5.97 Å². The molecule has 0 bridgehead atoms. The largest absolute Gasteiger partial charge is 0.463 e. The fraction of sp³-hybridized carbons (Fsp3) is 0.182. The summed E-state index contributed by atoms with van der Waals surface area (Å²) in [6.07, 6.45) is -0.451. The molecular formula is C11H9IO4. The second-order valence-electron chi connectivity index (χ2n) is 3.02. The van der Waals surface area contributed by atoms with Crippen molar-refractivity contribution in [2.24, 2.45) is 0 Å². The van der Waals surface area contributed by atoms with E-state index in [9.17, 15) is 14.4 Å². The second-order valence-corrected chi connectivity index (χ2v) is 4.27. The summed E-state index contributed by atoms with van der Waals surface area (Å²) >= 11 is 2.11. The fourth-order valence-corrected chi connectivity index (χ4v) is 1.43. The Morgan fingerprint density at radius 2 is 1.75 bits per heavy atom. The summed E-state index contributed by atoms with van der Waals surface area (Å²) in [4.78, 5) is 33.5. The van der Waals surface area contributed by atoms with Crippen LogP contribution < -0.4 is 0 Å². The molecule has 0 radical (unpaired) electrons. The minimum Gasteiger partial charge on any atom is -0.463 e. The van der Waals surface area contributed by atoms with Gasteiger partial charge in [-0.25, -0.2) is 4.79 Å². The third kappa shape index (κ3) is 3.41. The Morgan fingerprint density at radius 3 is 2.25 bits per heavy atom. The first-order valence-corrected chi connectivity index (χ1v) is 5.52. The smallest absolute Gasteiger partial charge is 0.374 e. The lowest BCUT2D eigenvalue weighted by atomic mass is 10.1. The average molecular weight is 332 g/mol. The Kier molecular flexibility index (Phi) is 4.60. The number of rotatable bonds is 4. The summed E-state index contributed by atoms with van der Waals surface area (Å²) in [6, 6.07) is 6.76. The minimum absolute atomic E-state index is 0.383. The van der Waals surface area contributed by atoms with Gasteiger partial charge in [0.25, 0.3) is 0 Å². The van der Waals surface area contributed by atoms with Crippen molar-refractivity contribution in [1.82, 2.24) is 0 Å². The number of halogens is 1. The third-order valence-corrected chi connectivity index (χ3v) is 2.62. The highest BCUT2D eigenvalue weighted by Crippen LogP contribution is 2.09.